The lowest BCUT2D eigenvalue weighted by molar-refractivity contribution is -0.115. The van der Waals surface area contributed by atoms with Crippen LogP contribution in [0, 0.1) is 11.3 Å². The summed E-state index contributed by atoms with van der Waals surface area (Å²) >= 11 is 1.10. The smallest absolute Gasteiger partial charge is 0.279 e. The number of nitrogens with zero attached hydrogens (tertiary/aromatic N) is 2. The van der Waals surface area contributed by atoms with Gasteiger partial charge < -0.3 is 14.8 Å². The molecule has 0 atom stereocenters. The Bertz CT molecular complexity index is 1470. The van der Waals surface area contributed by atoms with Crippen molar-refractivity contribution in [2.75, 3.05) is 6.61 Å². The molecule has 38 heavy (non-hydrogen) atoms. The summed E-state index contributed by atoms with van der Waals surface area (Å²) in [7, 11) is 0. The van der Waals surface area contributed by atoms with Crippen LogP contribution in [-0.2, 0) is 17.8 Å². The fraction of sp³-hybridized carbons (Fsp3) is 0.133. The highest BCUT2D eigenvalue weighted by molar-refractivity contribution is 8.18. The predicted molar refractivity (Wildman–Crippen MR) is 149 cm³/mol. The van der Waals surface area contributed by atoms with Crippen molar-refractivity contribution >= 4 is 34.8 Å². The molecular formula is C30H25N3O4S. The van der Waals surface area contributed by atoms with E-state index in [2.05, 4.69) is 23.0 Å². The van der Waals surface area contributed by atoms with Crippen LogP contribution in [0.25, 0.3) is 6.08 Å². The second-order valence-electron chi connectivity index (χ2n) is 8.14. The van der Waals surface area contributed by atoms with Gasteiger partial charge in [0.15, 0.2) is 16.7 Å². The van der Waals surface area contributed by atoms with Crippen LogP contribution in [0.1, 0.15) is 39.5 Å². The Morgan fingerprint density at radius 3 is 2.61 bits per heavy atom. The lowest BCUT2D eigenvalue weighted by atomic mass is 10.0. The summed E-state index contributed by atoms with van der Waals surface area (Å²) in [6, 6.07) is 21.8. The van der Waals surface area contributed by atoms with Gasteiger partial charge in [-0.25, -0.2) is 0 Å². The van der Waals surface area contributed by atoms with Crippen LogP contribution >= 0.6 is 11.8 Å². The van der Waals surface area contributed by atoms with E-state index >= 15 is 0 Å². The molecule has 1 heterocycles. The Kier molecular flexibility index (Phi) is 8.75. The van der Waals surface area contributed by atoms with Crippen molar-refractivity contribution in [3.05, 3.63) is 112 Å². The van der Waals surface area contributed by atoms with Crippen molar-refractivity contribution in [1.29, 1.82) is 5.26 Å². The van der Waals surface area contributed by atoms with Gasteiger partial charge in [0.05, 0.1) is 23.1 Å². The van der Waals surface area contributed by atoms with Crippen molar-refractivity contribution < 1.29 is 19.1 Å². The second-order valence-corrected chi connectivity index (χ2v) is 9.17. The highest BCUT2D eigenvalue weighted by Crippen LogP contribution is 2.36. The first kappa shape index (κ1) is 26.5. The van der Waals surface area contributed by atoms with Gasteiger partial charge in [0.1, 0.15) is 6.61 Å². The Hall–Kier alpha value is -4.61. The first-order valence-corrected chi connectivity index (χ1v) is 12.7. The SMILES string of the molecule is C=CCc1cc(/C=C2\SC(=NC(=O)c3ccccc3)NC2=O)cc(OCC)c1OCc1ccccc1C#N. The first-order valence-electron chi connectivity index (χ1n) is 11.9. The fourth-order valence-electron chi connectivity index (χ4n) is 3.78. The van der Waals surface area contributed by atoms with Crippen molar-refractivity contribution in [3.8, 4) is 17.6 Å². The third kappa shape index (κ3) is 6.38. The minimum absolute atomic E-state index is 0.196. The maximum atomic E-state index is 12.6. The van der Waals surface area contributed by atoms with E-state index < -0.39 is 5.91 Å². The van der Waals surface area contributed by atoms with Gasteiger partial charge in [0, 0.05) is 16.7 Å². The summed E-state index contributed by atoms with van der Waals surface area (Å²) < 4.78 is 12.1. The maximum Gasteiger partial charge on any atom is 0.279 e. The molecule has 0 bridgehead atoms. The summed E-state index contributed by atoms with van der Waals surface area (Å²) in [5, 5.41) is 12.3. The standard InChI is InChI=1S/C30H25N3O4S/c1-3-10-22-15-20(16-25(36-4-2)27(22)37-19-24-14-9-8-13-23(24)18-31)17-26-29(35)33-30(38-26)32-28(34)21-11-6-5-7-12-21/h3,5-9,11-17H,1,4,10,19H2,2H3,(H,32,33,34,35)/b26-17-. The number of hydrogen-bond donors (Lipinski definition) is 1. The number of benzene rings is 3. The van der Waals surface area contributed by atoms with E-state index in [1.165, 1.54) is 0 Å². The molecule has 1 saturated heterocycles. The van der Waals surface area contributed by atoms with E-state index in [1.807, 2.05) is 37.3 Å². The molecular weight excluding hydrogens is 498 g/mol. The van der Waals surface area contributed by atoms with Crippen LogP contribution in [0.5, 0.6) is 11.5 Å². The van der Waals surface area contributed by atoms with Gasteiger partial charge in [-0.15, -0.1) is 6.58 Å². The molecule has 0 radical (unpaired) electrons. The zero-order valence-corrected chi connectivity index (χ0v) is 21.6. The number of aliphatic imine (C=N–C) groups is 1. The summed E-state index contributed by atoms with van der Waals surface area (Å²) in [6.07, 6.45) is 3.98. The molecule has 190 valence electrons. The van der Waals surface area contributed by atoms with Crippen molar-refractivity contribution in [3.63, 3.8) is 0 Å². The predicted octanol–water partition coefficient (Wildman–Crippen LogP) is 5.66. The molecule has 3 aromatic carbocycles. The summed E-state index contributed by atoms with van der Waals surface area (Å²) in [5.41, 5.74) is 3.30. The van der Waals surface area contributed by atoms with Crippen LogP contribution in [0.3, 0.4) is 0 Å². The van der Waals surface area contributed by atoms with E-state index in [0.717, 1.165) is 28.5 Å². The monoisotopic (exact) mass is 523 g/mol. The Morgan fingerprint density at radius 2 is 1.87 bits per heavy atom. The average Bonchev–Trinajstić information content (AvgIpc) is 3.27. The third-order valence-corrected chi connectivity index (χ3v) is 6.41. The number of carbonyl (C=O) groups is 2. The van der Waals surface area contributed by atoms with Gasteiger partial charge in [0.2, 0.25) is 0 Å². The summed E-state index contributed by atoms with van der Waals surface area (Å²) in [5.74, 6) is 0.304. The number of amides is 2. The number of rotatable bonds is 9. The molecule has 1 aliphatic rings. The van der Waals surface area contributed by atoms with Crippen LogP contribution in [0.4, 0.5) is 0 Å². The number of hydrogen-bond acceptors (Lipinski definition) is 6. The van der Waals surface area contributed by atoms with Crippen LogP contribution in [-0.4, -0.2) is 23.6 Å². The zero-order valence-electron chi connectivity index (χ0n) is 20.8. The first-order chi connectivity index (χ1) is 18.5. The molecule has 0 spiro atoms. The van der Waals surface area contributed by atoms with Crippen LogP contribution in [0.15, 0.2) is 89.3 Å². The highest BCUT2D eigenvalue weighted by Gasteiger charge is 2.25. The molecule has 0 aliphatic carbocycles. The van der Waals surface area contributed by atoms with E-state index in [4.69, 9.17) is 9.47 Å². The molecule has 3 aromatic rings. The van der Waals surface area contributed by atoms with Crippen molar-refractivity contribution in [2.24, 2.45) is 4.99 Å². The average molecular weight is 524 g/mol. The lowest BCUT2D eigenvalue weighted by Gasteiger charge is -2.17. The fourth-order valence-corrected chi connectivity index (χ4v) is 4.59. The van der Waals surface area contributed by atoms with Crippen molar-refractivity contribution in [2.45, 2.75) is 20.0 Å². The van der Waals surface area contributed by atoms with Crippen LogP contribution < -0.4 is 14.8 Å². The molecule has 2 amide bonds. The highest BCUT2D eigenvalue weighted by atomic mass is 32.2. The number of amidine groups is 1. The normalized spacial score (nSPS) is 14.7. The molecule has 0 saturated carbocycles. The van der Waals surface area contributed by atoms with Gasteiger partial charge in [-0.1, -0.05) is 42.5 Å². The number of ether oxygens (including phenoxy) is 2. The molecule has 7 nitrogen and oxygen atoms in total. The number of thioether (sulfide) groups is 1. The van der Waals surface area contributed by atoms with Gasteiger partial charge in [-0.3, -0.25) is 9.59 Å². The van der Waals surface area contributed by atoms with Crippen molar-refractivity contribution in [1.82, 2.24) is 5.32 Å². The van der Waals surface area contributed by atoms with E-state index in [0.29, 0.717) is 40.6 Å². The Balaban J connectivity index is 1.62. The Morgan fingerprint density at radius 1 is 1.11 bits per heavy atom. The topological polar surface area (TPSA) is 101 Å². The number of carbonyl (C=O) groups excluding carboxylic acids is 2. The molecule has 0 unspecified atom stereocenters. The molecule has 4 rings (SSSR count). The molecule has 1 N–H and O–H groups in total. The zero-order chi connectivity index (χ0) is 26.9. The van der Waals surface area contributed by atoms with E-state index in [-0.39, 0.29) is 17.7 Å². The van der Waals surface area contributed by atoms with E-state index in [9.17, 15) is 14.9 Å². The molecule has 1 fully saturated rings. The van der Waals surface area contributed by atoms with E-state index in [1.54, 1.807) is 48.6 Å². The lowest BCUT2D eigenvalue weighted by Crippen LogP contribution is -2.20. The summed E-state index contributed by atoms with van der Waals surface area (Å²) in [6.45, 7) is 6.34. The van der Waals surface area contributed by atoms with Crippen LogP contribution in [0.2, 0.25) is 0 Å². The quantitative estimate of drug-likeness (QED) is 0.287. The number of nitriles is 1. The van der Waals surface area contributed by atoms with Gasteiger partial charge in [-0.05, 0) is 67.1 Å². The largest absolute Gasteiger partial charge is 0.490 e. The molecule has 1 aliphatic heterocycles. The minimum Gasteiger partial charge on any atom is -0.490 e. The van der Waals surface area contributed by atoms with Gasteiger partial charge >= 0.3 is 0 Å². The molecule has 8 heteroatoms. The second kappa shape index (κ2) is 12.6. The minimum atomic E-state index is -0.430. The number of nitrogens with one attached hydrogen (secondary N) is 1. The van der Waals surface area contributed by atoms with Gasteiger partial charge in [-0.2, -0.15) is 10.3 Å². The third-order valence-electron chi connectivity index (χ3n) is 5.50. The molecule has 0 aromatic heterocycles. The maximum absolute atomic E-state index is 12.6. The summed E-state index contributed by atoms with van der Waals surface area (Å²) in [4.78, 5) is 29.5. The number of allylic oxidation sites excluding steroid dienone is 1. The Labute approximate surface area is 225 Å². The van der Waals surface area contributed by atoms with Gasteiger partial charge in [0.25, 0.3) is 11.8 Å².